The molecule has 0 aliphatic carbocycles. The molecular formula is C47H77ClN6O11S. The molecule has 3 heterocycles. The molecule has 17 nitrogen and oxygen atoms in total. The van der Waals surface area contributed by atoms with Gasteiger partial charge in [-0.1, -0.05) is 71.9 Å². The van der Waals surface area contributed by atoms with Gasteiger partial charge in [0, 0.05) is 53.9 Å². The highest BCUT2D eigenvalue weighted by Gasteiger charge is 2.44. The number of carbonyl (C=O) groups excluding carboxylic acids is 3. The number of fused-ring (bicyclic) bond motifs is 2. The zero-order chi connectivity index (χ0) is 49.2. The van der Waals surface area contributed by atoms with Crippen molar-refractivity contribution in [3.63, 3.8) is 0 Å². The predicted molar refractivity (Wildman–Crippen MR) is 255 cm³/mol. The van der Waals surface area contributed by atoms with E-state index in [0.717, 1.165) is 37.8 Å². The van der Waals surface area contributed by atoms with E-state index in [1.807, 2.05) is 44.2 Å². The van der Waals surface area contributed by atoms with Crippen molar-refractivity contribution < 1.29 is 51.6 Å². The minimum atomic E-state index is -4.12. The summed E-state index contributed by atoms with van der Waals surface area (Å²) in [5.74, 6) is 1.46. The molecule has 5 N–H and O–H groups in total. The van der Waals surface area contributed by atoms with Gasteiger partial charge in [-0.25, -0.2) is 18.0 Å². The van der Waals surface area contributed by atoms with E-state index in [1.54, 1.807) is 39.2 Å². The van der Waals surface area contributed by atoms with E-state index < -0.39 is 45.1 Å². The second-order valence-electron chi connectivity index (χ2n) is 19.2. The Morgan fingerprint density at radius 2 is 1.58 bits per heavy atom. The summed E-state index contributed by atoms with van der Waals surface area (Å²) >= 11 is 4.90. The minimum Gasteiger partial charge on any atom is -0.486 e. The Labute approximate surface area is 398 Å². The van der Waals surface area contributed by atoms with Crippen LogP contribution in [-0.4, -0.2) is 150 Å². The molecule has 0 unspecified atom stereocenters. The third-order valence-corrected chi connectivity index (χ3v) is 14.3. The second kappa shape index (κ2) is 26.6. The van der Waals surface area contributed by atoms with Gasteiger partial charge in [-0.15, -0.1) is 0 Å². The fourth-order valence-electron chi connectivity index (χ4n) is 7.26. The molecule has 5 atom stereocenters. The first kappa shape index (κ1) is 56.4. The van der Waals surface area contributed by atoms with Gasteiger partial charge in [-0.05, 0) is 91.1 Å². The molecule has 2 aromatic carbocycles. The van der Waals surface area contributed by atoms with Crippen molar-refractivity contribution >= 4 is 39.1 Å². The monoisotopic (exact) mass is 969 g/mol. The minimum absolute atomic E-state index is 0.00245. The van der Waals surface area contributed by atoms with Crippen LogP contribution in [0.3, 0.4) is 0 Å². The molecule has 2 fully saturated rings. The number of urea groups is 1. The second-order valence-corrected chi connectivity index (χ2v) is 21.4. The molecule has 0 spiro atoms. The van der Waals surface area contributed by atoms with E-state index in [1.165, 1.54) is 21.3 Å². The number of aliphatic hydroxyl groups excluding tert-OH is 1. The molecule has 5 rings (SSSR count). The maximum Gasteiger partial charge on any atom is 0.407 e. The first-order valence-corrected chi connectivity index (χ1v) is 24.6. The molecule has 2 saturated heterocycles. The van der Waals surface area contributed by atoms with E-state index in [2.05, 4.69) is 38.3 Å². The SMILES string of the molecule is CC(C)(CCCN)CN(C[C@@H](O)[C@H](Cc1ccccc1)NC(=O)O[C@H]1CO[C@H]2OCC[C@H]21)S(=O)(=O)c1ccc2c(c1)OCCO2.CC(C)C(C)(C)CCCNC(=O)N(C)C.CN(C)C(=O)Cl. The molecule has 3 aliphatic rings. The Bertz CT molecular complexity index is 1920. The van der Waals surface area contributed by atoms with Gasteiger partial charge in [0.1, 0.15) is 19.3 Å². The summed E-state index contributed by atoms with van der Waals surface area (Å²) in [5, 5.41) is 17.0. The van der Waals surface area contributed by atoms with Crippen molar-refractivity contribution in [2.45, 2.75) is 110 Å². The van der Waals surface area contributed by atoms with Crippen LogP contribution < -0.4 is 25.8 Å². The number of halogens is 1. The number of nitrogens with zero attached hydrogens (tertiary/aromatic N) is 3. The highest BCUT2D eigenvalue weighted by atomic mass is 35.5. The number of amides is 4. The molecule has 0 radical (unpaired) electrons. The lowest BCUT2D eigenvalue weighted by molar-refractivity contribution is -0.0907. The van der Waals surface area contributed by atoms with Crippen molar-refractivity contribution in [2.75, 3.05) is 80.8 Å². The van der Waals surface area contributed by atoms with Crippen LogP contribution in [0.15, 0.2) is 53.4 Å². The zero-order valence-corrected chi connectivity index (χ0v) is 42.3. The summed E-state index contributed by atoms with van der Waals surface area (Å²) < 4.78 is 57.8. The van der Waals surface area contributed by atoms with Crippen molar-refractivity contribution in [1.82, 2.24) is 24.7 Å². The standard InChI is InChI=1S/C32H45N3O9S.C12H26N2O.C3H6ClNO/c1-32(2,12-6-13-33)21-35(45(38,39)23-9-10-27-28(18-23)41-16-15-40-27)19-26(36)25(17-22-7-4-3-5-8-22)34-31(37)44-29-20-43-30-24(29)11-14-42-30;1-10(2)12(3,4)8-7-9-13-11(15)14(5)6;1-5(2)3(4)6/h3-5,7-10,18,24-26,29-30,36H,6,11-17,19-21,33H2,1-2H3,(H,34,37);10H,7-9H2,1-6H3,(H,13,15);1-2H3/t24-,25-,26+,29-,30+;;/m0../s1. The van der Waals surface area contributed by atoms with Crippen LogP contribution in [0.5, 0.6) is 11.5 Å². The highest BCUT2D eigenvalue weighted by molar-refractivity contribution is 7.89. The molecule has 4 amide bonds. The lowest BCUT2D eigenvalue weighted by Gasteiger charge is -2.35. The Morgan fingerprint density at radius 1 is 0.924 bits per heavy atom. The van der Waals surface area contributed by atoms with Crippen LogP contribution in [0.25, 0.3) is 0 Å². The van der Waals surface area contributed by atoms with Crippen LogP contribution >= 0.6 is 11.6 Å². The van der Waals surface area contributed by atoms with Crippen molar-refractivity contribution in [1.29, 1.82) is 0 Å². The number of aliphatic hydroxyl groups is 1. The van der Waals surface area contributed by atoms with E-state index >= 15 is 0 Å². The summed E-state index contributed by atoms with van der Waals surface area (Å²) in [6, 6.07) is 13.0. The smallest absolute Gasteiger partial charge is 0.407 e. The molecule has 2 aromatic rings. The molecule has 19 heteroatoms. The van der Waals surface area contributed by atoms with Crippen LogP contribution in [0.2, 0.25) is 0 Å². The molecule has 0 bridgehead atoms. The first-order valence-electron chi connectivity index (χ1n) is 22.8. The van der Waals surface area contributed by atoms with Crippen LogP contribution in [-0.2, 0) is 30.7 Å². The van der Waals surface area contributed by atoms with Gasteiger partial charge in [0.25, 0.3) is 0 Å². The number of hydrogen-bond acceptors (Lipinski definition) is 12. The molecule has 3 aliphatic heterocycles. The van der Waals surface area contributed by atoms with Gasteiger partial charge < -0.3 is 55.0 Å². The number of ether oxygens (including phenoxy) is 5. The molecule has 0 saturated carbocycles. The third kappa shape index (κ3) is 18.3. The van der Waals surface area contributed by atoms with Gasteiger partial charge in [-0.2, -0.15) is 4.31 Å². The topological polar surface area (TPSA) is 212 Å². The van der Waals surface area contributed by atoms with Crippen LogP contribution in [0.4, 0.5) is 14.4 Å². The van der Waals surface area contributed by atoms with Gasteiger partial charge in [0.15, 0.2) is 17.8 Å². The lowest BCUT2D eigenvalue weighted by Crippen LogP contribution is -2.52. The molecule has 374 valence electrons. The largest absolute Gasteiger partial charge is 0.486 e. The Kier molecular flexibility index (Phi) is 22.7. The number of benzene rings is 2. The van der Waals surface area contributed by atoms with Crippen molar-refractivity contribution in [2.24, 2.45) is 28.4 Å². The normalized spacial score (nSPS) is 18.7. The van der Waals surface area contributed by atoms with E-state index in [4.69, 9.17) is 41.0 Å². The Balaban J connectivity index is 0.000000457. The Morgan fingerprint density at radius 3 is 2.18 bits per heavy atom. The van der Waals surface area contributed by atoms with Gasteiger partial charge in [-0.3, -0.25) is 4.79 Å². The first-order chi connectivity index (χ1) is 31.0. The van der Waals surface area contributed by atoms with E-state index in [0.29, 0.717) is 55.6 Å². The average molecular weight is 970 g/mol. The van der Waals surface area contributed by atoms with E-state index in [9.17, 15) is 27.9 Å². The number of rotatable bonds is 19. The summed E-state index contributed by atoms with van der Waals surface area (Å²) in [5.41, 5.74) is 6.54. The predicted octanol–water partition coefficient (Wildman–Crippen LogP) is 6.30. The van der Waals surface area contributed by atoms with Crippen molar-refractivity contribution in [3.05, 3.63) is 54.1 Å². The molecule has 0 aromatic heterocycles. The van der Waals surface area contributed by atoms with Crippen LogP contribution in [0.1, 0.15) is 79.2 Å². The number of nitrogens with two attached hydrogens (primary N) is 1. The lowest BCUT2D eigenvalue weighted by atomic mass is 9.77. The highest BCUT2D eigenvalue weighted by Crippen LogP contribution is 2.36. The third-order valence-electron chi connectivity index (χ3n) is 12.1. The molecule has 66 heavy (non-hydrogen) atoms. The fraction of sp³-hybridized carbons (Fsp3) is 0.681. The van der Waals surface area contributed by atoms with Crippen LogP contribution in [0, 0.1) is 22.7 Å². The maximum atomic E-state index is 14.2. The number of sulfonamides is 1. The van der Waals surface area contributed by atoms with Crippen molar-refractivity contribution in [3.8, 4) is 11.5 Å². The summed E-state index contributed by atoms with van der Waals surface area (Å²) in [6.45, 7) is 15.6. The quantitative estimate of drug-likeness (QED) is 0.0695. The van der Waals surface area contributed by atoms with Gasteiger partial charge in [0.2, 0.25) is 10.0 Å². The maximum absolute atomic E-state index is 14.2. The number of carbonyl (C=O) groups is 3. The zero-order valence-electron chi connectivity index (χ0n) is 40.7. The Hall–Kier alpha value is -3.91. The summed E-state index contributed by atoms with van der Waals surface area (Å²) in [7, 11) is 2.58. The summed E-state index contributed by atoms with van der Waals surface area (Å²) in [4.78, 5) is 37.1. The fourth-order valence-corrected chi connectivity index (χ4v) is 8.92. The number of nitrogens with one attached hydrogen (secondary N) is 2. The summed E-state index contributed by atoms with van der Waals surface area (Å²) in [6.07, 6.45) is 1.74. The van der Waals surface area contributed by atoms with Gasteiger partial charge >= 0.3 is 17.5 Å². The number of hydrogen-bond donors (Lipinski definition) is 4. The van der Waals surface area contributed by atoms with Gasteiger partial charge in [0.05, 0.1) is 36.2 Å². The average Bonchev–Trinajstić information content (AvgIpc) is 3.89. The number of alkyl carbamates (subject to hydrolysis) is 1. The molecular weight excluding hydrogens is 892 g/mol. The van der Waals surface area contributed by atoms with E-state index in [-0.39, 0.29) is 49.3 Å².